The van der Waals surface area contributed by atoms with Crippen molar-refractivity contribution < 1.29 is 9.53 Å². The van der Waals surface area contributed by atoms with Crippen LogP contribution >= 0.6 is 15.9 Å². The van der Waals surface area contributed by atoms with E-state index in [1.54, 1.807) is 24.3 Å². The van der Waals surface area contributed by atoms with Gasteiger partial charge in [-0.2, -0.15) is 10.5 Å². The second-order valence-electron chi connectivity index (χ2n) is 8.89. The average Bonchev–Trinajstić information content (AvgIpc) is 2.89. The molecule has 36 heavy (non-hydrogen) atoms. The van der Waals surface area contributed by atoms with E-state index < -0.39 is 5.97 Å². The number of carbonyl (C=O) groups excluding carboxylic acids is 1. The lowest BCUT2D eigenvalue weighted by Gasteiger charge is -2.11. The van der Waals surface area contributed by atoms with Crippen LogP contribution in [-0.2, 0) is 12.8 Å². The number of nitriles is 2. The van der Waals surface area contributed by atoms with Crippen molar-refractivity contribution in [2.75, 3.05) is 0 Å². The lowest BCUT2D eigenvalue weighted by Crippen LogP contribution is -2.10. The predicted molar refractivity (Wildman–Crippen MR) is 147 cm³/mol. The number of hydrogen-bond donors (Lipinski definition) is 0. The Balaban J connectivity index is 1.75. The first-order valence-corrected chi connectivity index (χ1v) is 13.4. The maximum absolute atomic E-state index is 12.8. The Morgan fingerprint density at radius 2 is 1.50 bits per heavy atom. The molecule has 0 fully saturated rings. The van der Waals surface area contributed by atoms with Crippen molar-refractivity contribution in [1.29, 1.82) is 10.5 Å². The third-order valence-corrected chi connectivity index (χ3v) is 6.92. The molecule has 0 atom stereocenters. The molecular formula is C31H31BrN2O2. The zero-order chi connectivity index (χ0) is 25.9. The molecule has 0 saturated carbocycles. The highest BCUT2D eigenvalue weighted by atomic mass is 79.9. The number of benzene rings is 3. The molecule has 0 heterocycles. The third kappa shape index (κ3) is 6.84. The van der Waals surface area contributed by atoms with Gasteiger partial charge in [-0.3, -0.25) is 0 Å². The quantitative estimate of drug-likeness (QED) is 0.138. The molecule has 184 valence electrons. The van der Waals surface area contributed by atoms with E-state index in [2.05, 4.69) is 60.1 Å². The fourth-order valence-corrected chi connectivity index (χ4v) is 4.85. The first kappa shape index (κ1) is 27.2. The summed E-state index contributed by atoms with van der Waals surface area (Å²) in [5.74, 6) is -0.449. The Morgan fingerprint density at radius 1 is 0.833 bits per heavy atom. The van der Waals surface area contributed by atoms with E-state index in [1.807, 2.05) is 12.1 Å². The maximum atomic E-state index is 12.8. The lowest BCUT2D eigenvalue weighted by atomic mass is 9.97. The van der Waals surface area contributed by atoms with Gasteiger partial charge in [0, 0.05) is 4.47 Å². The molecule has 0 aromatic heterocycles. The summed E-state index contributed by atoms with van der Waals surface area (Å²) < 4.78 is 6.58. The van der Waals surface area contributed by atoms with Crippen molar-refractivity contribution in [1.82, 2.24) is 0 Å². The highest BCUT2D eigenvalue weighted by Gasteiger charge is 2.18. The molecule has 0 radical (unpaired) electrons. The van der Waals surface area contributed by atoms with E-state index in [0.29, 0.717) is 5.56 Å². The van der Waals surface area contributed by atoms with Crippen LogP contribution in [0.15, 0.2) is 59.1 Å². The molecule has 4 nitrogen and oxygen atoms in total. The topological polar surface area (TPSA) is 73.9 Å². The van der Waals surface area contributed by atoms with E-state index >= 15 is 0 Å². The summed E-state index contributed by atoms with van der Waals surface area (Å²) in [5.41, 5.74) is 4.93. The Labute approximate surface area is 222 Å². The maximum Gasteiger partial charge on any atom is 0.343 e. The van der Waals surface area contributed by atoms with Gasteiger partial charge >= 0.3 is 5.97 Å². The number of halogens is 1. The Bertz CT molecular complexity index is 1280. The lowest BCUT2D eigenvalue weighted by molar-refractivity contribution is 0.0734. The predicted octanol–water partition coefficient (Wildman–Crippen LogP) is 8.54. The van der Waals surface area contributed by atoms with Gasteiger partial charge in [0.15, 0.2) is 0 Å². The van der Waals surface area contributed by atoms with E-state index in [-0.39, 0.29) is 16.9 Å². The fraction of sp³-hybridized carbons (Fsp3) is 0.323. The number of aryl methyl sites for hydroxylation is 2. The molecule has 0 unspecified atom stereocenters. The number of hydrogen-bond acceptors (Lipinski definition) is 4. The van der Waals surface area contributed by atoms with Crippen molar-refractivity contribution in [3.63, 3.8) is 0 Å². The van der Waals surface area contributed by atoms with Crippen LogP contribution in [0.2, 0.25) is 0 Å². The van der Waals surface area contributed by atoms with Crippen molar-refractivity contribution in [2.24, 2.45) is 0 Å². The molecule has 0 saturated heterocycles. The number of carbonyl (C=O) groups is 1. The summed E-state index contributed by atoms with van der Waals surface area (Å²) >= 11 is 3.69. The van der Waals surface area contributed by atoms with Crippen LogP contribution in [0.5, 0.6) is 5.75 Å². The molecule has 0 aliphatic carbocycles. The van der Waals surface area contributed by atoms with Gasteiger partial charge in [0.1, 0.15) is 23.5 Å². The summed E-state index contributed by atoms with van der Waals surface area (Å²) in [4.78, 5) is 12.8. The molecule has 0 bridgehead atoms. The van der Waals surface area contributed by atoms with Crippen LogP contribution in [0.1, 0.15) is 85.0 Å². The highest BCUT2D eigenvalue weighted by molar-refractivity contribution is 9.10. The van der Waals surface area contributed by atoms with Gasteiger partial charge < -0.3 is 4.74 Å². The van der Waals surface area contributed by atoms with Crippen molar-refractivity contribution in [2.45, 2.75) is 65.2 Å². The minimum absolute atomic E-state index is 0.111. The molecule has 0 aliphatic heterocycles. The molecule has 0 aliphatic rings. The van der Waals surface area contributed by atoms with Gasteiger partial charge in [-0.05, 0) is 72.2 Å². The molecule has 3 aromatic rings. The normalized spacial score (nSPS) is 10.5. The zero-order valence-electron chi connectivity index (χ0n) is 20.9. The monoisotopic (exact) mass is 542 g/mol. The van der Waals surface area contributed by atoms with Gasteiger partial charge in [-0.1, -0.05) is 85.8 Å². The number of esters is 1. The Morgan fingerprint density at radius 3 is 2.11 bits per heavy atom. The van der Waals surface area contributed by atoms with Crippen LogP contribution in [0.3, 0.4) is 0 Å². The van der Waals surface area contributed by atoms with Crippen LogP contribution in [0.25, 0.3) is 11.1 Å². The summed E-state index contributed by atoms with van der Waals surface area (Å²) in [6.45, 7) is 4.32. The van der Waals surface area contributed by atoms with Gasteiger partial charge in [-0.25, -0.2) is 4.79 Å². The summed E-state index contributed by atoms with van der Waals surface area (Å²) in [6, 6.07) is 21.2. The van der Waals surface area contributed by atoms with Crippen LogP contribution in [0.4, 0.5) is 0 Å². The minimum Gasteiger partial charge on any atom is -0.421 e. The SMILES string of the molecule is CCCCCc1ccc(-c2ccc(C(=O)Oc3ccc(CCCCC)c(C#N)c3C#N)cc2)c(Br)c1. The van der Waals surface area contributed by atoms with E-state index in [9.17, 15) is 15.3 Å². The largest absolute Gasteiger partial charge is 0.421 e. The molecule has 0 spiro atoms. The standard InChI is InChI=1S/C31H31BrN2O2/c1-3-5-7-9-22-11-17-26(29(32)19-22)24-12-14-25(15-13-24)31(35)36-30-18-16-23(10-8-6-4-2)27(20-33)28(30)21-34/h11-19H,3-10H2,1-2H3. The van der Waals surface area contributed by atoms with Gasteiger partial charge in [0.2, 0.25) is 0 Å². The second kappa shape index (κ2) is 13.6. The molecular weight excluding hydrogens is 512 g/mol. The van der Waals surface area contributed by atoms with Gasteiger partial charge in [0.25, 0.3) is 0 Å². The smallest absolute Gasteiger partial charge is 0.343 e. The first-order chi connectivity index (χ1) is 17.5. The number of unbranched alkanes of at least 4 members (excludes halogenated alkanes) is 4. The highest BCUT2D eigenvalue weighted by Crippen LogP contribution is 2.31. The van der Waals surface area contributed by atoms with Gasteiger partial charge in [-0.15, -0.1) is 0 Å². The molecule has 3 aromatic carbocycles. The molecule has 5 heteroatoms. The summed E-state index contributed by atoms with van der Waals surface area (Å²) in [7, 11) is 0. The van der Waals surface area contributed by atoms with Crippen LogP contribution in [-0.4, -0.2) is 5.97 Å². The van der Waals surface area contributed by atoms with Crippen molar-refractivity contribution in [3.8, 4) is 29.0 Å². The number of nitrogens with zero attached hydrogens (tertiary/aromatic N) is 2. The van der Waals surface area contributed by atoms with E-state index in [0.717, 1.165) is 53.3 Å². The zero-order valence-corrected chi connectivity index (χ0v) is 22.5. The third-order valence-electron chi connectivity index (χ3n) is 6.26. The molecule has 0 amide bonds. The van der Waals surface area contributed by atoms with Gasteiger partial charge in [0.05, 0.1) is 11.1 Å². The first-order valence-electron chi connectivity index (χ1n) is 12.6. The van der Waals surface area contributed by atoms with E-state index in [4.69, 9.17) is 4.74 Å². The van der Waals surface area contributed by atoms with Crippen molar-refractivity contribution >= 4 is 21.9 Å². The second-order valence-corrected chi connectivity index (χ2v) is 9.75. The average molecular weight is 544 g/mol. The Kier molecular flexibility index (Phi) is 10.3. The molecule has 0 N–H and O–H groups in total. The summed E-state index contributed by atoms with van der Waals surface area (Å²) in [6.07, 6.45) is 8.47. The minimum atomic E-state index is -0.564. The Hall–Kier alpha value is -3.41. The van der Waals surface area contributed by atoms with Crippen LogP contribution in [0, 0.1) is 22.7 Å². The number of rotatable bonds is 11. The molecule has 3 rings (SSSR count). The number of ether oxygens (including phenoxy) is 1. The summed E-state index contributed by atoms with van der Waals surface area (Å²) in [5, 5.41) is 19.3. The van der Waals surface area contributed by atoms with Crippen molar-refractivity contribution in [3.05, 3.63) is 86.9 Å². The van der Waals surface area contributed by atoms with Crippen LogP contribution < -0.4 is 4.74 Å². The van der Waals surface area contributed by atoms with E-state index in [1.165, 1.54) is 24.8 Å². The fourth-order valence-electron chi connectivity index (χ4n) is 4.20.